The summed E-state index contributed by atoms with van der Waals surface area (Å²) in [5.74, 6) is -1.38. The second-order valence-corrected chi connectivity index (χ2v) is 6.85. The van der Waals surface area contributed by atoms with E-state index in [0.29, 0.717) is 17.2 Å². The van der Waals surface area contributed by atoms with E-state index < -0.39 is 29.2 Å². The molecular formula is C22H24F4N4O3. The minimum Gasteiger partial charge on any atom is -0.398 e. The van der Waals surface area contributed by atoms with E-state index >= 15 is 0 Å². The maximum Gasteiger partial charge on any atom is 0.418 e. The molecule has 0 aliphatic rings. The molecule has 2 N–H and O–H groups in total. The number of likely N-dealkylation sites (N-methyl/N-ethyl adjacent to an activating group) is 1. The second kappa shape index (κ2) is 10.8. The number of amides is 1. The molecule has 0 fully saturated rings. The number of oxime groups is 2. The van der Waals surface area contributed by atoms with Gasteiger partial charge in [-0.1, -0.05) is 28.5 Å². The summed E-state index contributed by atoms with van der Waals surface area (Å²) in [5.41, 5.74) is -0.212. The molecule has 0 saturated heterocycles. The van der Waals surface area contributed by atoms with Crippen molar-refractivity contribution >= 4 is 23.0 Å². The van der Waals surface area contributed by atoms with E-state index in [4.69, 9.17) is 9.68 Å². The molecule has 2 aromatic rings. The molecule has 0 aromatic heterocycles. The van der Waals surface area contributed by atoms with Gasteiger partial charge < -0.3 is 20.3 Å². The highest BCUT2D eigenvalue weighted by Gasteiger charge is 2.35. The average Bonchev–Trinajstić information content (AvgIpc) is 2.76. The minimum atomic E-state index is -4.69. The SMILES string of the molecule is CNC(=O)/C(=N/OC)c1cccc(C)c1CO/N=C(\C)c1c(F)ccc(C(F)(F)F)c1NC. The van der Waals surface area contributed by atoms with Crippen LogP contribution in [0.4, 0.5) is 23.2 Å². The van der Waals surface area contributed by atoms with Gasteiger partial charge in [-0.05, 0) is 31.5 Å². The highest BCUT2D eigenvalue weighted by molar-refractivity contribution is 6.45. The summed E-state index contributed by atoms with van der Waals surface area (Å²) in [7, 11) is 4.00. The third-order valence-electron chi connectivity index (χ3n) is 4.77. The van der Waals surface area contributed by atoms with Crippen LogP contribution >= 0.6 is 0 Å². The van der Waals surface area contributed by atoms with E-state index in [0.717, 1.165) is 11.6 Å². The lowest BCUT2D eigenvalue weighted by atomic mass is 9.98. The summed E-state index contributed by atoms with van der Waals surface area (Å²) in [6.07, 6.45) is -4.69. The Morgan fingerprint density at radius 2 is 1.82 bits per heavy atom. The lowest BCUT2D eigenvalue weighted by Crippen LogP contribution is -2.29. The molecular weight excluding hydrogens is 444 g/mol. The molecule has 0 heterocycles. The molecule has 178 valence electrons. The number of hydrogen-bond acceptors (Lipinski definition) is 6. The van der Waals surface area contributed by atoms with Crippen molar-refractivity contribution in [3.8, 4) is 0 Å². The molecule has 0 atom stereocenters. The molecule has 7 nitrogen and oxygen atoms in total. The Labute approximate surface area is 188 Å². The van der Waals surface area contributed by atoms with Crippen LogP contribution in [0.1, 0.15) is 34.7 Å². The first-order valence-corrected chi connectivity index (χ1v) is 9.73. The fourth-order valence-electron chi connectivity index (χ4n) is 3.20. The number of carbonyl (C=O) groups excluding carboxylic acids is 1. The zero-order valence-electron chi connectivity index (χ0n) is 18.7. The van der Waals surface area contributed by atoms with E-state index in [1.54, 1.807) is 25.1 Å². The normalized spacial score (nSPS) is 12.4. The summed E-state index contributed by atoms with van der Waals surface area (Å²) < 4.78 is 54.4. The van der Waals surface area contributed by atoms with Crippen LogP contribution < -0.4 is 10.6 Å². The van der Waals surface area contributed by atoms with Crippen LogP contribution in [0.5, 0.6) is 0 Å². The number of benzene rings is 2. The van der Waals surface area contributed by atoms with Crippen LogP contribution in [-0.4, -0.2) is 38.5 Å². The van der Waals surface area contributed by atoms with Crippen LogP contribution in [0, 0.1) is 12.7 Å². The molecule has 0 aliphatic carbocycles. The Morgan fingerprint density at radius 3 is 2.39 bits per heavy atom. The van der Waals surface area contributed by atoms with Gasteiger partial charge in [-0.25, -0.2) is 4.39 Å². The molecule has 0 saturated carbocycles. The molecule has 33 heavy (non-hydrogen) atoms. The van der Waals surface area contributed by atoms with E-state index in [-0.39, 0.29) is 23.6 Å². The predicted octanol–water partition coefficient (Wildman–Crippen LogP) is 4.23. The molecule has 0 aliphatic heterocycles. The quantitative estimate of drug-likeness (QED) is 0.345. The first kappa shape index (κ1) is 25.6. The lowest BCUT2D eigenvalue weighted by Gasteiger charge is -2.17. The molecule has 1 amide bonds. The topological polar surface area (TPSA) is 84.3 Å². The van der Waals surface area contributed by atoms with Crippen LogP contribution in [0.3, 0.4) is 0 Å². The molecule has 0 spiro atoms. The Hall–Kier alpha value is -3.63. The van der Waals surface area contributed by atoms with Crippen LogP contribution in [0.15, 0.2) is 40.6 Å². The molecule has 2 aromatic carbocycles. The fourth-order valence-corrected chi connectivity index (χ4v) is 3.20. The van der Waals surface area contributed by atoms with E-state index in [9.17, 15) is 22.4 Å². The van der Waals surface area contributed by atoms with Gasteiger partial charge in [-0.15, -0.1) is 0 Å². The molecule has 11 heteroatoms. The summed E-state index contributed by atoms with van der Waals surface area (Å²) in [6, 6.07) is 6.52. The highest BCUT2D eigenvalue weighted by atomic mass is 19.4. The maximum absolute atomic E-state index is 14.4. The zero-order valence-corrected chi connectivity index (χ0v) is 18.7. The number of rotatable bonds is 8. The third kappa shape index (κ3) is 5.79. The lowest BCUT2D eigenvalue weighted by molar-refractivity contribution is -0.137. The first-order chi connectivity index (χ1) is 15.6. The van der Waals surface area contributed by atoms with E-state index in [1.165, 1.54) is 28.1 Å². The smallest absolute Gasteiger partial charge is 0.398 e. The molecule has 0 unspecified atom stereocenters. The van der Waals surface area contributed by atoms with Crippen molar-refractivity contribution in [2.75, 3.05) is 26.5 Å². The van der Waals surface area contributed by atoms with Crippen molar-refractivity contribution in [3.63, 3.8) is 0 Å². The van der Waals surface area contributed by atoms with Crippen molar-refractivity contribution in [2.45, 2.75) is 26.6 Å². The summed E-state index contributed by atoms with van der Waals surface area (Å²) in [5, 5.41) is 12.5. The molecule has 2 rings (SSSR count). The number of anilines is 1. The van der Waals surface area contributed by atoms with Crippen molar-refractivity contribution in [1.29, 1.82) is 0 Å². The van der Waals surface area contributed by atoms with Crippen molar-refractivity contribution in [3.05, 3.63) is 64.0 Å². The maximum atomic E-state index is 14.4. The number of hydrogen-bond donors (Lipinski definition) is 2. The number of carbonyl (C=O) groups is 1. The van der Waals surface area contributed by atoms with Gasteiger partial charge in [-0.3, -0.25) is 4.79 Å². The third-order valence-corrected chi connectivity index (χ3v) is 4.77. The van der Waals surface area contributed by atoms with Gasteiger partial charge >= 0.3 is 6.18 Å². The van der Waals surface area contributed by atoms with Crippen LogP contribution in [0.2, 0.25) is 0 Å². The predicted molar refractivity (Wildman–Crippen MR) is 117 cm³/mol. The highest BCUT2D eigenvalue weighted by Crippen LogP contribution is 2.37. The van der Waals surface area contributed by atoms with Crippen molar-refractivity contribution < 1.29 is 32.0 Å². The van der Waals surface area contributed by atoms with Gasteiger partial charge in [0.2, 0.25) is 0 Å². The number of aryl methyl sites for hydroxylation is 1. The fraction of sp³-hybridized carbons (Fsp3) is 0.318. The summed E-state index contributed by atoms with van der Waals surface area (Å²) in [6.45, 7) is 2.95. The standard InChI is InChI=1S/C22H24F4N4O3/c1-12-7-6-8-14(19(30-32-5)21(31)28-4)15(12)11-33-29-13(2)18-17(23)10-9-16(20(18)27-3)22(24,25)26/h6-10,27H,11H2,1-5H3,(H,28,31)/b29-13+,30-19+. The van der Waals surface area contributed by atoms with Gasteiger partial charge in [0.15, 0.2) is 5.71 Å². The Bertz CT molecular complexity index is 1080. The number of halogens is 4. The number of nitrogens with zero attached hydrogens (tertiary/aromatic N) is 2. The van der Waals surface area contributed by atoms with Crippen LogP contribution in [-0.2, 0) is 27.3 Å². The zero-order chi connectivity index (χ0) is 24.8. The van der Waals surface area contributed by atoms with Crippen molar-refractivity contribution in [1.82, 2.24) is 5.32 Å². The minimum absolute atomic E-state index is 0.00407. The van der Waals surface area contributed by atoms with Gasteiger partial charge in [0.1, 0.15) is 19.5 Å². The van der Waals surface area contributed by atoms with Crippen LogP contribution in [0.25, 0.3) is 0 Å². The summed E-state index contributed by atoms with van der Waals surface area (Å²) >= 11 is 0. The van der Waals surface area contributed by atoms with Crippen molar-refractivity contribution in [2.24, 2.45) is 10.3 Å². The Kier molecular flexibility index (Phi) is 8.38. The Balaban J connectivity index is 2.43. The summed E-state index contributed by atoms with van der Waals surface area (Å²) in [4.78, 5) is 22.4. The van der Waals surface area contributed by atoms with E-state index in [2.05, 4.69) is 20.9 Å². The van der Waals surface area contributed by atoms with Gasteiger partial charge in [0.25, 0.3) is 5.91 Å². The monoisotopic (exact) mass is 468 g/mol. The van der Waals surface area contributed by atoms with Gasteiger partial charge in [-0.2, -0.15) is 13.2 Å². The van der Waals surface area contributed by atoms with E-state index in [1.807, 2.05) is 0 Å². The van der Waals surface area contributed by atoms with Gasteiger partial charge in [0.05, 0.1) is 22.5 Å². The first-order valence-electron chi connectivity index (χ1n) is 9.73. The molecule has 0 radical (unpaired) electrons. The Morgan fingerprint density at radius 1 is 1.12 bits per heavy atom. The molecule has 0 bridgehead atoms. The number of nitrogens with one attached hydrogen (secondary N) is 2. The number of alkyl halides is 3. The van der Waals surface area contributed by atoms with Gasteiger partial charge in [0, 0.05) is 25.2 Å². The average molecular weight is 468 g/mol. The largest absolute Gasteiger partial charge is 0.418 e. The second-order valence-electron chi connectivity index (χ2n) is 6.85.